The Hall–Kier alpha value is -2.08. The van der Waals surface area contributed by atoms with Gasteiger partial charge < -0.3 is 15.2 Å². The van der Waals surface area contributed by atoms with Crippen LogP contribution in [0.5, 0.6) is 0 Å². The second-order valence-corrected chi connectivity index (χ2v) is 7.26. The van der Waals surface area contributed by atoms with E-state index in [9.17, 15) is 9.59 Å². The molecule has 6 nitrogen and oxygen atoms in total. The van der Waals surface area contributed by atoms with Gasteiger partial charge in [-0.3, -0.25) is 5.32 Å². The van der Waals surface area contributed by atoms with Crippen molar-refractivity contribution in [2.24, 2.45) is 5.73 Å². The minimum atomic E-state index is -0.871. The van der Waals surface area contributed by atoms with Gasteiger partial charge >= 0.3 is 12.1 Å². The summed E-state index contributed by atoms with van der Waals surface area (Å²) in [4.78, 5) is 23.6. The summed E-state index contributed by atoms with van der Waals surface area (Å²) >= 11 is 0. The summed E-state index contributed by atoms with van der Waals surface area (Å²) in [5, 5.41) is 2.61. The maximum absolute atomic E-state index is 11.9. The lowest BCUT2D eigenvalue weighted by Crippen LogP contribution is -2.31. The number of nitrogens with one attached hydrogen (secondary N) is 1. The normalized spacial score (nSPS) is 13.2. The molecule has 0 bridgehead atoms. The van der Waals surface area contributed by atoms with Crippen molar-refractivity contribution in [3.8, 4) is 0 Å². The summed E-state index contributed by atoms with van der Waals surface area (Å²) in [6.07, 6.45) is -0.540. The molecule has 23 heavy (non-hydrogen) atoms. The summed E-state index contributed by atoms with van der Waals surface area (Å²) in [7, 11) is 0. The molecule has 0 radical (unpaired) electrons. The minimum Gasteiger partial charge on any atom is -0.459 e. The molecule has 1 rings (SSSR count). The Kier molecular flexibility index (Phi) is 5.77. The zero-order valence-electron chi connectivity index (χ0n) is 14.6. The van der Waals surface area contributed by atoms with Crippen molar-refractivity contribution in [1.82, 2.24) is 0 Å². The quantitative estimate of drug-likeness (QED) is 0.833. The Labute approximate surface area is 137 Å². The molecular formula is C17H26N2O4. The summed E-state index contributed by atoms with van der Waals surface area (Å²) < 4.78 is 10.4. The first kappa shape index (κ1) is 19.0. The van der Waals surface area contributed by atoms with E-state index >= 15 is 0 Å². The van der Waals surface area contributed by atoms with E-state index in [1.165, 1.54) is 0 Å². The Morgan fingerprint density at radius 3 is 1.87 bits per heavy atom. The van der Waals surface area contributed by atoms with Gasteiger partial charge in [0.15, 0.2) is 0 Å². The van der Waals surface area contributed by atoms with E-state index in [1.807, 2.05) is 0 Å². The minimum absolute atomic E-state index is 0.495. The van der Waals surface area contributed by atoms with Crippen molar-refractivity contribution in [1.29, 1.82) is 0 Å². The molecule has 1 atom stereocenters. The molecule has 0 heterocycles. The molecule has 1 unspecified atom stereocenters. The number of amides is 1. The van der Waals surface area contributed by atoms with Gasteiger partial charge in [0.2, 0.25) is 0 Å². The number of hydrogen-bond donors (Lipinski definition) is 2. The van der Waals surface area contributed by atoms with Crippen LogP contribution >= 0.6 is 0 Å². The fourth-order valence-corrected chi connectivity index (χ4v) is 1.70. The number of anilines is 1. The van der Waals surface area contributed by atoms with Crippen LogP contribution in [0.25, 0.3) is 0 Å². The van der Waals surface area contributed by atoms with Gasteiger partial charge in [-0.05, 0) is 59.2 Å². The van der Waals surface area contributed by atoms with Crippen molar-refractivity contribution in [2.45, 2.75) is 58.8 Å². The lowest BCUT2D eigenvalue weighted by atomic mass is 10.1. The average Bonchev–Trinajstić information content (AvgIpc) is 2.34. The van der Waals surface area contributed by atoms with Crippen LogP contribution in [-0.4, -0.2) is 23.3 Å². The largest absolute Gasteiger partial charge is 0.459 e. The maximum Gasteiger partial charge on any atom is 0.412 e. The highest BCUT2D eigenvalue weighted by Crippen LogP contribution is 2.19. The van der Waals surface area contributed by atoms with Crippen molar-refractivity contribution >= 4 is 17.7 Å². The Morgan fingerprint density at radius 1 is 0.957 bits per heavy atom. The molecule has 0 aliphatic heterocycles. The number of esters is 1. The van der Waals surface area contributed by atoms with Crippen LogP contribution in [0.15, 0.2) is 24.3 Å². The second kappa shape index (κ2) is 7.00. The molecule has 0 aromatic heterocycles. The molecule has 0 saturated carbocycles. The van der Waals surface area contributed by atoms with E-state index in [4.69, 9.17) is 15.2 Å². The Morgan fingerprint density at radius 2 is 1.43 bits per heavy atom. The van der Waals surface area contributed by atoms with Gasteiger partial charge in [0.25, 0.3) is 0 Å². The molecule has 128 valence electrons. The van der Waals surface area contributed by atoms with E-state index in [1.54, 1.807) is 65.8 Å². The van der Waals surface area contributed by atoms with Crippen LogP contribution in [0.4, 0.5) is 10.5 Å². The van der Waals surface area contributed by atoms with Gasteiger partial charge in [0.05, 0.1) is 0 Å². The zero-order valence-corrected chi connectivity index (χ0v) is 14.6. The molecule has 0 spiro atoms. The molecule has 0 aliphatic rings. The van der Waals surface area contributed by atoms with E-state index in [2.05, 4.69) is 5.32 Å². The third-order valence-electron chi connectivity index (χ3n) is 2.58. The molecule has 6 heteroatoms. The van der Waals surface area contributed by atoms with E-state index in [-0.39, 0.29) is 0 Å². The molecule has 1 amide bonds. The van der Waals surface area contributed by atoms with Gasteiger partial charge in [-0.1, -0.05) is 12.1 Å². The molecule has 3 N–H and O–H groups in total. The fraction of sp³-hybridized carbons (Fsp3) is 0.529. The summed E-state index contributed by atoms with van der Waals surface area (Å²) in [6.45, 7) is 10.7. The predicted molar refractivity (Wildman–Crippen MR) is 89.1 cm³/mol. The first-order valence-electron chi connectivity index (χ1n) is 7.46. The van der Waals surface area contributed by atoms with E-state index < -0.39 is 29.3 Å². The topological polar surface area (TPSA) is 90.6 Å². The van der Waals surface area contributed by atoms with Crippen molar-refractivity contribution in [3.05, 3.63) is 29.8 Å². The van der Waals surface area contributed by atoms with Gasteiger partial charge in [-0.25, -0.2) is 9.59 Å². The van der Waals surface area contributed by atoms with Crippen molar-refractivity contribution in [3.63, 3.8) is 0 Å². The van der Waals surface area contributed by atoms with Gasteiger partial charge in [0.1, 0.15) is 17.2 Å². The third kappa shape index (κ3) is 7.15. The van der Waals surface area contributed by atoms with Gasteiger partial charge in [-0.15, -0.1) is 0 Å². The molecule has 0 aliphatic carbocycles. The first-order chi connectivity index (χ1) is 10.4. The van der Waals surface area contributed by atoms with Gasteiger partial charge in [-0.2, -0.15) is 0 Å². The number of carbonyl (C=O) groups is 2. The van der Waals surface area contributed by atoms with Crippen LogP contribution in [0, 0.1) is 0 Å². The highest BCUT2D eigenvalue weighted by molar-refractivity contribution is 5.85. The van der Waals surface area contributed by atoms with Gasteiger partial charge in [0, 0.05) is 5.69 Å². The molecular weight excluding hydrogens is 296 g/mol. The van der Waals surface area contributed by atoms with Crippen LogP contribution in [-0.2, 0) is 14.3 Å². The van der Waals surface area contributed by atoms with Crippen LogP contribution < -0.4 is 11.1 Å². The Bertz CT molecular complexity index is 553. The van der Waals surface area contributed by atoms with Crippen LogP contribution in [0.1, 0.15) is 53.1 Å². The lowest BCUT2D eigenvalue weighted by Gasteiger charge is -2.22. The predicted octanol–water partition coefficient (Wildman–Crippen LogP) is 3.38. The summed E-state index contributed by atoms with van der Waals surface area (Å²) in [5.74, 6) is -0.495. The van der Waals surface area contributed by atoms with Crippen LogP contribution in [0.2, 0.25) is 0 Å². The Balaban J connectivity index is 2.69. The number of nitrogens with two attached hydrogens (primary N) is 1. The summed E-state index contributed by atoms with van der Waals surface area (Å²) in [6, 6.07) is 5.78. The summed E-state index contributed by atoms with van der Waals surface area (Å²) in [5.41, 5.74) is 5.90. The SMILES string of the molecule is CC(C)(C)OC(=O)Nc1ccc(C(N)C(=O)OC(C)(C)C)cc1. The second-order valence-electron chi connectivity index (χ2n) is 7.26. The standard InChI is InChI=1S/C17H26N2O4/c1-16(2,3)22-14(20)13(18)11-7-9-12(10-8-11)19-15(21)23-17(4,5)6/h7-10,13H,18H2,1-6H3,(H,19,21). The average molecular weight is 322 g/mol. The first-order valence-corrected chi connectivity index (χ1v) is 7.46. The monoisotopic (exact) mass is 322 g/mol. The lowest BCUT2D eigenvalue weighted by molar-refractivity contribution is -0.156. The number of carbonyl (C=O) groups excluding carboxylic acids is 2. The van der Waals surface area contributed by atoms with E-state index in [0.717, 1.165) is 0 Å². The molecule has 0 saturated heterocycles. The zero-order chi connectivity index (χ0) is 17.8. The number of hydrogen-bond acceptors (Lipinski definition) is 5. The smallest absolute Gasteiger partial charge is 0.412 e. The highest BCUT2D eigenvalue weighted by Gasteiger charge is 2.23. The van der Waals surface area contributed by atoms with Crippen LogP contribution in [0.3, 0.4) is 0 Å². The number of ether oxygens (including phenoxy) is 2. The van der Waals surface area contributed by atoms with Crippen molar-refractivity contribution < 1.29 is 19.1 Å². The van der Waals surface area contributed by atoms with Crippen molar-refractivity contribution in [2.75, 3.05) is 5.32 Å². The fourth-order valence-electron chi connectivity index (χ4n) is 1.70. The highest BCUT2D eigenvalue weighted by atomic mass is 16.6. The number of benzene rings is 1. The maximum atomic E-state index is 11.9. The number of rotatable bonds is 3. The molecule has 1 aromatic carbocycles. The van der Waals surface area contributed by atoms with E-state index in [0.29, 0.717) is 11.3 Å². The third-order valence-corrected chi connectivity index (χ3v) is 2.58. The molecule has 1 aromatic rings. The molecule has 0 fully saturated rings.